The fourth-order valence-electron chi connectivity index (χ4n) is 9.13. The molecular formula is C42H48F2N12O5. The van der Waals surface area contributed by atoms with E-state index in [0.717, 1.165) is 58.4 Å². The lowest BCUT2D eigenvalue weighted by Crippen LogP contribution is -2.48. The van der Waals surface area contributed by atoms with E-state index in [1.165, 1.54) is 26.0 Å². The molecule has 9 rings (SSSR count). The minimum Gasteiger partial charge on any atom is -0.378 e. The second-order valence-electron chi connectivity index (χ2n) is 16.3. The molecule has 2 atom stereocenters. The molecule has 17 nitrogen and oxygen atoms in total. The van der Waals surface area contributed by atoms with Gasteiger partial charge < -0.3 is 20.3 Å². The highest BCUT2D eigenvalue weighted by Crippen LogP contribution is 2.35. The molecule has 4 fully saturated rings. The molecule has 2 unspecified atom stereocenters. The number of fused-ring (bicyclic) bond motifs is 2. The fraction of sp³-hybridized carbons (Fsp3) is 0.500. The van der Waals surface area contributed by atoms with E-state index in [9.17, 15) is 28.0 Å². The van der Waals surface area contributed by atoms with Crippen molar-refractivity contribution in [3.05, 3.63) is 75.9 Å². The van der Waals surface area contributed by atoms with E-state index in [1.807, 2.05) is 18.2 Å². The van der Waals surface area contributed by atoms with Crippen molar-refractivity contribution >= 4 is 40.1 Å². The topological polar surface area (TPSA) is 178 Å². The maximum absolute atomic E-state index is 14.3. The average molecular weight is 839 g/mol. The Morgan fingerprint density at radius 3 is 2.61 bits per heavy atom. The molecule has 3 saturated heterocycles. The number of hydrogen-bond acceptors (Lipinski definition) is 11. The largest absolute Gasteiger partial charge is 0.378 e. The summed E-state index contributed by atoms with van der Waals surface area (Å²) in [6, 6.07) is 6.40. The maximum atomic E-state index is 14.3. The number of hydrogen-bond donors (Lipinski definition) is 3. The zero-order valence-corrected chi connectivity index (χ0v) is 33.9. The Morgan fingerprint density at radius 1 is 1.05 bits per heavy atom. The van der Waals surface area contributed by atoms with Crippen LogP contribution in [0.1, 0.15) is 90.4 Å². The number of piperidine rings is 1. The monoisotopic (exact) mass is 838 g/mol. The normalized spacial score (nSPS) is 23.0. The van der Waals surface area contributed by atoms with Crippen molar-refractivity contribution in [1.29, 1.82) is 0 Å². The van der Waals surface area contributed by atoms with Gasteiger partial charge in [0.25, 0.3) is 12.3 Å². The van der Waals surface area contributed by atoms with Crippen molar-refractivity contribution in [2.24, 2.45) is 13.0 Å². The molecule has 7 heterocycles. The molecule has 3 amide bonds. The number of aromatic nitrogens is 7. The standard InChI is InChI=1S/C42H48F2N12O5/c1-51-37-27(4-2-6-33(37)56(42(51)60)34-11-12-35(57)49-41(34)59)5-3-15-52-17-19-53(20-18-52)23-26-7-9-28(10-8-26)55-24-31(36(50-55)38(43)44)48-40(58)29-22-46-54-16-13-30(47-39(29)54)32-25-61-21-14-45-32/h2,4,6,13,16,22,24,26,28,32,34,38,45H,7-12,14-15,17-21,23,25H2,1H3,(H,48,58)(H,49,57,59)/t26-,28-,32?,34?. The van der Waals surface area contributed by atoms with Crippen LogP contribution in [-0.2, 0) is 21.4 Å². The van der Waals surface area contributed by atoms with Crippen molar-refractivity contribution in [3.63, 3.8) is 0 Å². The summed E-state index contributed by atoms with van der Waals surface area (Å²) in [5.74, 6) is 5.66. The highest BCUT2D eigenvalue weighted by Gasteiger charge is 2.32. The third-order valence-electron chi connectivity index (χ3n) is 12.5. The van der Waals surface area contributed by atoms with Crippen LogP contribution >= 0.6 is 0 Å². The van der Waals surface area contributed by atoms with Crippen LogP contribution in [0.15, 0.2) is 47.7 Å². The first-order valence-electron chi connectivity index (χ1n) is 20.9. The number of nitrogens with one attached hydrogen (secondary N) is 3. The number of ether oxygens (including phenoxy) is 1. The highest BCUT2D eigenvalue weighted by atomic mass is 19.3. The lowest BCUT2D eigenvalue weighted by atomic mass is 9.85. The van der Waals surface area contributed by atoms with Crippen LogP contribution in [0.3, 0.4) is 0 Å². The Bertz CT molecular complexity index is 2580. The number of anilines is 1. The number of morpholine rings is 1. The number of amides is 3. The molecule has 61 heavy (non-hydrogen) atoms. The van der Waals surface area contributed by atoms with Gasteiger partial charge in [0.1, 0.15) is 11.6 Å². The van der Waals surface area contributed by atoms with Crippen molar-refractivity contribution in [2.45, 2.75) is 63.1 Å². The summed E-state index contributed by atoms with van der Waals surface area (Å²) in [5.41, 5.74) is 2.37. The zero-order chi connectivity index (χ0) is 42.2. The van der Waals surface area contributed by atoms with E-state index in [4.69, 9.17) is 4.74 Å². The van der Waals surface area contributed by atoms with Gasteiger partial charge in [0.15, 0.2) is 11.3 Å². The SMILES string of the molecule is Cn1c(=O)n(C2CCC(=O)NC2=O)c2cccc(C#CCN3CCN(C[C@H]4CC[C@H](n5cc(NC(=O)c6cnn7ccc(C8COCCN8)nc67)c(C(F)F)n5)CC4)CC3)c21. The molecule has 3 N–H and O–H groups in total. The van der Waals surface area contributed by atoms with Crippen molar-refractivity contribution in [1.82, 2.24) is 53.9 Å². The quantitative estimate of drug-likeness (QED) is 0.147. The Hall–Kier alpha value is -5.81. The summed E-state index contributed by atoms with van der Waals surface area (Å²) >= 11 is 0. The Labute approximate surface area is 349 Å². The molecular weight excluding hydrogens is 791 g/mol. The molecule has 1 saturated carbocycles. The van der Waals surface area contributed by atoms with Gasteiger partial charge in [0.05, 0.1) is 66.0 Å². The summed E-state index contributed by atoms with van der Waals surface area (Å²) < 4.78 is 40.1. The predicted octanol–water partition coefficient (Wildman–Crippen LogP) is 2.81. The van der Waals surface area contributed by atoms with Crippen molar-refractivity contribution in [2.75, 3.05) is 64.3 Å². The molecule has 4 aliphatic rings. The number of rotatable bonds is 9. The van der Waals surface area contributed by atoms with Gasteiger partial charge in [-0.05, 0) is 56.2 Å². The average Bonchev–Trinajstić information content (AvgIpc) is 3.96. The molecule has 320 valence electrons. The number of nitrogens with zero attached hydrogens (tertiary/aromatic N) is 9. The number of benzene rings is 1. The summed E-state index contributed by atoms with van der Waals surface area (Å²) in [6.07, 6.45) is 5.69. The van der Waals surface area contributed by atoms with Gasteiger partial charge in [0.2, 0.25) is 11.8 Å². The second-order valence-corrected chi connectivity index (χ2v) is 16.3. The van der Waals surface area contributed by atoms with Crippen molar-refractivity contribution < 1.29 is 27.9 Å². The van der Waals surface area contributed by atoms with Gasteiger partial charge in [-0.3, -0.25) is 38.4 Å². The lowest BCUT2D eigenvalue weighted by molar-refractivity contribution is -0.135. The lowest BCUT2D eigenvalue weighted by Gasteiger charge is -2.37. The number of halogens is 2. The van der Waals surface area contributed by atoms with E-state index in [-0.39, 0.29) is 47.8 Å². The van der Waals surface area contributed by atoms with Crippen LogP contribution in [0.25, 0.3) is 16.7 Å². The molecule has 0 radical (unpaired) electrons. The number of aryl methyl sites for hydroxylation is 1. The first kappa shape index (κ1) is 40.6. The van der Waals surface area contributed by atoms with Crippen LogP contribution < -0.4 is 21.6 Å². The summed E-state index contributed by atoms with van der Waals surface area (Å²) in [5, 5.41) is 16.9. The Kier molecular flexibility index (Phi) is 11.5. The molecule has 1 aromatic carbocycles. The van der Waals surface area contributed by atoms with Crippen LogP contribution in [0.4, 0.5) is 14.5 Å². The number of piperazine rings is 1. The van der Waals surface area contributed by atoms with Gasteiger partial charge in [-0.15, -0.1) is 0 Å². The van der Waals surface area contributed by atoms with Crippen LogP contribution in [-0.4, -0.2) is 120 Å². The zero-order valence-electron chi connectivity index (χ0n) is 33.9. The van der Waals surface area contributed by atoms with Gasteiger partial charge in [0, 0.05) is 65.1 Å². The molecule has 1 aliphatic carbocycles. The van der Waals surface area contributed by atoms with E-state index in [1.54, 1.807) is 24.0 Å². The molecule has 19 heteroatoms. The second kappa shape index (κ2) is 17.3. The minimum atomic E-state index is -2.87. The van der Waals surface area contributed by atoms with Crippen molar-refractivity contribution in [3.8, 4) is 11.8 Å². The molecule has 4 aromatic heterocycles. The number of carbonyl (C=O) groups excluding carboxylic acids is 3. The number of carbonyl (C=O) groups is 3. The minimum absolute atomic E-state index is 0.0194. The predicted molar refractivity (Wildman–Crippen MR) is 219 cm³/mol. The summed E-state index contributed by atoms with van der Waals surface area (Å²) in [6.45, 7) is 6.86. The third kappa shape index (κ3) is 8.32. The van der Waals surface area contributed by atoms with Crippen LogP contribution in [0, 0.1) is 17.8 Å². The first-order chi connectivity index (χ1) is 29.6. The summed E-state index contributed by atoms with van der Waals surface area (Å²) in [4.78, 5) is 60.5. The van der Waals surface area contributed by atoms with Gasteiger partial charge >= 0.3 is 5.69 Å². The third-order valence-corrected chi connectivity index (χ3v) is 12.5. The van der Waals surface area contributed by atoms with E-state index < -0.39 is 30.0 Å². The molecule has 5 aromatic rings. The molecule has 0 spiro atoms. The Morgan fingerprint density at radius 2 is 1.85 bits per heavy atom. The maximum Gasteiger partial charge on any atom is 0.329 e. The number of alkyl halides is 2. The number of imide groups is 1. The van der Waals surface area contributed by atoms with E-state index in [0.29, 0.717) is 60.2 Å². The summed E-state index contributed by atoms with van der Waals surface area (Å²) in [7, 11) is 1.67. The van der Waals surface area contributed by atoms with Gasteiger partial charge in [-0.1, -0.05) is 17.9 Å². The highest BCUT2D eigenvalue weighted by molar-refractivity contribution is 6.08. The van der Waals surface area contributed by atoms with Crippen LogP contribution in [0.2, 0.25) is 0 Å². The van der Waals surface area contributed by atoms with Gasteiger partial charge in [-0.25, -0.2) is 23.1 Å². The fourth-order valence-corrected chi connectivity index (χ4v) is 9.13. The molecule has 0 bridgehead atoms. The smallest absolute Gasteiger partial charge is 0.329 e. The Balaban J connectivity index is 0.768. The number of imidazole rings is 1. The first-order valence-corrected chi connectivity index (χ1v) is 20.9. The van der Waals surface area contributed by atoms with E-state index >= 15 is 0 Å². The van der Waals surface area contributed by atoms with Crippen LogP contribution in [0.5, 0.6) is 0 Å². The molecule has 3 aliphatic heterocycles. The van der Waals surface area contributed by atoms with E-state index in [2.05, 4.69) is 52.8 Å². The number of para-hydroxylation sites is 1. The van der Waals surface area contributed by atoms with Gasteiger partial charge in [-0.2, -0.15) is 10.2 Å².